The zero-order valence-corrected chi connectivity index (χ0v) is 24.3. The first-order valence-electron chi connectivity index (χ1n) is 13.6. The highest BCUT2D eigenvalue weighted by Crippen LogP contribution is 2.32. The first-order valence-corrected chi connectivity index (χ1v) is 13.6. The van der Waals surface area contributed by atoms with Gasteiger partial charge in [0.1, 0.15) is 17.7 Å². The van der Waals surface area contributed by atoms with E-state index >= 15 is 0 Å². The Hall–Kier alpha value is -3.14. The van der Waals surface area contributed by atoms with Crippen LogP contribution < -0.4 is 15.2 Å². The summed E-state index contributed by atoms with van der Waals surface area (Å²) in [5.74, 6) is -1.60. The van der Waals surface area contributed by atoms with Crippen molar-refractivity contribution in [2.75, 3.05) is 0 Å². The van der Waals surface area contributed by atoms with Gasteiger partial charge in [-0.05, 0) is 62.6 Å². The number of hydrogen-bond donors (Lipinski definition) is 2. The molecule has 0 fully saturated rings. The Morgan fingerprint density at radius 3 is 1.85 bits per heavy atom. The number of ether oxygens (including phenoxy) is 4. The van der Waals surface area contributed by atoms with Crippen molar-refractivity contribution in [3.63, 3.8) is 0 Å². The second-order valence-corrected chi connectivity index (χ2v) is 11.0. The van der Waals surface area contributed by atoms with Crippen LogP contribution in [0.4, 0.5) is 4.79 Å². The van der Waals surface area contributed by atoms with Gasteiger partial charge in [-0.3, -0.25) is 14.4 Å². The molecule has 10 heteroatoms. The van der Waals surface area contributed by atoms with Crippen molar-refractivity contribution in [1.82, 2.24) is 0 Å². The van der Waals surface area contributed by atoms with Gasteiger partial charge in [-0.1, -0.05) is 40.7 Å². The molecule has 0 radical (unpaired) electrons. The Morgan fingerprint density at radius 2 is 1.36 bits per heavy atom. The van der Waals surface area contributed by atoms with Gasteiger partial charge in [0, 0.05) is 25.7 Å². The minimum absolute atomic E-state index is 0.00770. The van der Waals surface area contributed by atoms with Crippen LogP contribution in [0.25, 0.3) is 0 Å². The summed E-state index contributed by atoms with van der Waals surface area (Å²) in [5.41, 5.74) is 4.89. The van der Waals surface area contributed by atoms with Crippen LogP contribution in [0.5, 0.6) is 11.5 Å². The maximum absolute atomic E-state index is 12.5. The summed E-state index contributed by atoms with van der Waals surface area (Å²) in [6.45, 7) is 13.1. The number of rotatable bonds is 16. The molecule has 1 rings (SSSR count). The standard InChI is InChI=1S/C29H45NO9/c1-8-20(6)36-28(35)37-21(7)16-29(30,27(33)34)17-22-11-12-23(38-25(31)13-9-18(2)3)24(15-22)39-26(32)14-10-19(4)5/h11-12,15,18-21H,8-10,13-14,16-17,30H2,1-7H3,(H,33,34)/t20?,21-,29?/m0/s1. The Morgan fingerprint density at radius 1 is 0.846 bits per heavy atom. The van der Waals surface area contributed by atoms with Crippen LogP contribution >= 0.6 is 0 Å². The number of carbonyl (C=O) groups excluding carboxylic acids is 3. The van der Waals surface area contributed by atoms with Crippen LogP contribution in [-0.2, 0) is 30.3 Å². The van der Waals surface area contributed by atoms with Crippen LogP contribution in [0.2, 0.25) is 0 Å². The quantitative estimate of drug-likeness (QED) is 0.201. The molecule has 2 unspecified atom stereocenters. The molecule has 0 heterocycles. The molecule has 0 saturated carbocycles. The van der Waals surface area contributed by atoms with E-state index in [4.69, 9.17) is 24.7 Å². The molecule has 0 amide bonds. The molecule has 39 heavy (non-hydrogen) atoms. The van der Waals surface area contributed by atoms with Gasteiger partial charge in [0.05, 0.1) is 0 Å². The molecule has 10 nitrogen and oxygen atoms in total. The molecule has 3 atom stereocenters. The summed E-state index contributed by atoms with van der Waals surface area (Å²) in [4.78, 5) is 49.0. The normalized spacial score (nSPS) is 14.3. The third-order valence-electron chi connectivity index (χ3n) is 6.07. The molecule has 0 aliphatic rings. The molecular weight excluding hydrogens is 506 g/mol. The van der Waals surface area contributed by atoms with E-state index in [2.05, 4.69) is 0 Å². The minimum Gasteiger partial charge on any atom is -0.480 e. The fraction of sp³-hybridized carbons (Fsp3) is 0.655. The van der Waals surface area contributed by atoms with E-state index in [1.165, 1.54) is 19.1 Å². The third-order valence-corrected chi connectivity index (χ3v) is 6.07. The van der Waals surface area contributed by atoms with Crippen molar-refractivity contribution in [2.45, 2.75) is 111 Å². The van der Waals surface area contributed by atoms with Gasteiger partial charge in [-0.15, -0.1) is 0 Å². The summed E-state index contributed by atoms with van der Waals surface area (Å²) < 4.78 is 21.3. The second-order valence-electron chi connectivity index (χ2n) is 11.0. The number of carbonyl (C=O) groups is 4. The lowest BCUT2D eigenvalue weighted by molar-refractivity contribution is -0.145. The fourth-order valence-corrected chi connectivity index (χ4v) is 3.58. The monoisotopic (exact) mass is 551 g/mol. The number of benzene rings is 1. The van der Waals surface area contributed by atoms with E-state index in [-0.39, 0.29) is 49.2 Å². The number of carboxylic acids is 1. The van der Waals surface area contributed by atoms with Crippen LogP contribution in [0.3, 0.4) is 0 Å². The topological polar surface area (TPSA) is 151 Å². The van der Waals surface area contributed by atoms with E-state index in [1.54, 1.807) is 13.0 Å². The largest absolute Gasteiger partial charge is 0.508 e. The van der Waals surface area contributed by atoms with Gasteiger partial charge >= 0.3 is 24.1 Å². The van der Waals surface area contributed by atoms with E-state index in [9.17, 15) is 24.3 Å². The summed E-state index contributed by atoms with van der Waals surface area (Å²) in [5, 5.41) is 9.92. The van der Waals surface area contributed by atoms with Gasteiger partial charge in [0.15, 0.2) is 11.5 Å². The zero-order valence-electron chi connectivity index (χ0n) is 24.3. The first-order chi connectivity index (χ1) is 18.1. The van der Waals surface area contributed by atoms with Crippen molar-refractivity contribution in [1.29, 1.82) is 0 Å². The molecule has 0 saturated heterocycles. The van der Waals surface area contributed by atoms with Gasteiger partial charge in [0.2, 0.25) is 0 Å². The molecule has 220 valence electrons. The van der Waals surface area contributed by atoms with Crippen molar-refractivity contribution in [3.05, 3.63) is 23.8 Å². The highest BCUT2D eigenvalue weighted by atomic mass is 16.7. The number of carboxylic acid groups (broad SMARTS) is 1. The van der Waals surface area contributed by atoms with Crippen LogP contribution in [0, 0.1) is 11.8 Å². The van der Waals surface area contributed by atoms with Crippen molar-refractivity contribution < 1.29 is 43.2 Å². The van der Waals surface area contributed by atoms with Gasteiger partial charge in [-0.25, -0.2) is 4.79 Å². The molecule has 1 aromatic rings. The highest BCUT2D eigenvalue weighted by molar-refractivity contribution is 5.79. The smallest absolute Gasteiger partial charge is 0.480 e. The Bertz CT molecular complexity index is 976. The third kappa shape index (κ3) is 13.0. The first kappa shape index (κ1) is 33.9. The van der Waals surface area contributed by atoms with Crippen molar-refractivity contribution >= 4 is 24.1 Å². The van der Waals surface area contributed by atoms with Crippen LogP contribution in [0.1, 0.15) is 92.6 Å². The van der Waals surface area contributed by atoms with Crippen molar-refractivity contribution in [2.24, 2.45) is 17.6 Å². The van der Waals surface area contributed by atoms with Gasteiger partial charge in [-0.2, -0.15) is 0 Å². The summed E-state index contributed by atoms with van der Waals surface area (Å²) >= 11 is 0. The van der Waals surface area contributed by atoms with Gasteiger partial charge < -0.3 is 29.8 Å². The maximum atomic E-state index is 12.5. The molecule has 0 aliphatic carbocycles. The lowest BCUT2D eigenvalue weighted by Crippen LogP contribution is -2.52. The molecule has 0 aromatic heterocycles. The molecular formula is C29H45NO9. The van der Waals surface area contributed by atoms with E-state index < -0.39 is 35.7 Å². The summed E-state index contributed by atoms with van der Waals surface area (Å²) in [7, 11) is 0. The van der Waals surface area contributed by atoms with E-state index in [0.717, 1.165) is 0 Å². The van der Waals surface area contributed by atoms with Crippen molar-refractivity contribution in [3.8, 4) is 11.5 Å². The Balaban J connectivity index is 3.14. The molecule has 0 spiro atoms. The Labute approximate surface area is 231 Å². The lowest BCUT2D eigenvalue weighted by Gasteiger charge is -2.28. The molecule has 0 aliphatic heterocycles. The Kier molecular flexibility index (Phi) is 14.0. The molecule has 3 N–H and O–H groups in total. The number of hydrogen-bond acceptors (Lipinski definition) is 9. The van der Waals surface area contributed by atoms with Gasteiger partial charge in [0.25, 0.3) is 0 Å². The predicted octanol–water partition coefficient (Wildman–Crippen LogP) is 5.42. The highest BCUT2D eigenvalue weighted by Gasteiger charge is 2.37. The van der Waals surface area contributed by atoms with E-state index in [0.29, 0.717) is 30.7 Å². The maximum Gasteiger partial charge on any atom is 0.508 e. The predicted molar refractivity (Wildman–Crippen MR) is 146 cm³/mol. The summed E-state index contributed by atoms with van der Waals surface area (Å²) in [6.07, 6.45) is -0.241. The minimum atomic E-state index is -1.82. The number of nitrogens with two attached hydrogens (primary N) is 1. The molecule has 1 aromatic carbocycles. The molecule has 0 bridgehead atoms. The van der Waals surface area contributed by atoms with Crippen LogP contribution in [-0.4, -0.2) is 46.9 Å². The second kappa shape index (κ2) is 16.1. The number of esters is 2. The average molecular weight is 552 g/mol. The average Bonchev–Trinajstić information content (AvgIpc) is 2.82. The zero-order chi connectivity index (χ0) is 29.8. The lowest BCUT2D eigenvalue weighted by atomic mass is 9.86. The number of aliphatic carboxylic acids is 1. The summed E-state index contributed by atoms with van der Waals surface area (Å²) in [6, 6.07) is 4.47. The SMILES string of the molecule is CCC(C)OC(=O)O[C@@H](C)CC(N)(Cc1ccc(OC(=O)CCC(C)C)c(OC(=O)CCC(C)C)c1)C(=O)O. The van der Waals surface area contributed by atoms with Crippen LogP contribution in [0.15, 0.2) is 18.2 Å². The van der Waals surface area contributed by atoms with E-state index in [1.807, 2.05) is 34.6 Å². The fourth-order valence-electron chi connectivity index (χ4n) is 3.58.